The van der Waals surface area contributed by atoms with Crippen molar-refractivity contribution >= 4 is 45.0 Å². The summed E-state index contributed by atoms with van der Waals surface area (Å²) in [6, 6.07) is 11.3. The molecule has 0 aliphatic carbocycles. The number of fused-ring (bicyclic) bond motifs is 1. The van der Waals surface area contributed by atoms with Gasteiger partial charge in [-0.05, 0) is 50.1 Å². The van der Waals surface area contributed by atoms with Crippen LogP contribution in [0.3, 0.4) is 0 Å². The summed E-state index contributed by atoms with van der Waals surface area (Å²) in [7, 11) is 0. The van der Waals surface area contributed by atoms with E-state index in [-0.39, 0.29) is 23.4 Å². The molecule has 3 aromatic rings. The molecule has 174 valence electrons. The van der Waals surface area contributed by atoms with Gasteiger partial charge in [-0.15, -0.1) is 0 Å². The van der Waals surface area contributed by atoms with E-state index < -0.39 is 16.9 Å². The van der Waals surface area contributed by atoms with Crippen molar-refractivity contribution in [3.05, 3.63) is 105 Å². The van der Waals surface area contributed by atoms with Gasteiger partial charge in [-0.1, -0.05) is 51.5 Å². The molecule has 1 aliphatic heterocycles. The Labute approximate surface area is 206 Å². The van der Waals surface area contributed by atoms with Crippen molar-refractivity contribution in [2.75, 3.05) is 6.61 Å². The number of carbonyl (C=O) groups excluding carboxylic acids is 1. The Bertz CT molecular complexity index is 1520. The number of benzene rings is 2. The zero-order valence-electron chi connectivity index (χ0n) is 18.6. The number of thiazole rings is 1. The monoisotopic (exact) mass is 541 g/mol. The first-order valence-electron chi connectivity index (χ1n) is 10.4. The van der Waals surface area contributed by atoms with E-state index in [0.717, 1.165) is 10.0 Å². The van der Waals surface area contributed by atoms with Crippen LogP contribution >= 0.6 is 27.3 Å². The number of nitro groups is 1. The van der Waals surface area contributed by atoms with Crippen LogP contribution in [0.15, 0.2) is 68.0 Å². The molecule has 0 fully saturated rings. The third-order valence-electron chi connectivity index (χ3n) is 5.43. The molecule has 0 unspecified atom stereocenters. The predicted octanol–water partition coefficient (Wildman–Crippen LogP) is 3.78. The number of nitro benzene ring substituents is 1. The lowest BCUT2D eigenvalue weighted by Crippen LogP contribution is -2.40. The van der Waals surface area contributed by atoms with Gasteiger partial charge in [0.1, 0.15) is 0 Å². The molecule has 0 bridgehead atoms. The predicted molar refractivity (Wildman–Crippen MR) is 132 cm³/mol. The molecule has 0 radical (unpaired) electrons. The van der Waals surface area contributed by atoms with E-state index in [9.17, 15) is 19.7 Å². The Kier molecular flexibility index (Phi) is 6.63. The molecule has 8 nitrogen and oxygen atoms in total. The van der Waals surface area contributed by atoms with E-state index in [2.05, 4.69) is 20.9 Å². The number of ether oxygens (including phenoxy) is 1. The topological polar surface area (TPSA) is 104 Å². The zero-order chi connectivity index (χ0) is 24.6. The van der Waals surface area contributed by atoms with Crippen LogP contribution < -0.4 is 14.9 Å². The Hall–Kier alpha value is -3.37. The average molecular weight is 542 g/mol. The molecule has 0 spiro atoms. The zero-order valence-corrected chi connectivity index (χ0v) is 21.0. The van der Waals surface area contributed by atoms with E-state index in [1.807, 2.05) is 24.3 Å². The summed E-state index contributed by atoms with van der Waals surface area (Å²) < 4.78 is 8.03. The Morgan fingerprint density at radius 3 is 2.62 bits per heavy atom. The summed E-state index contributed by atoms with van der Waals surface area (Å²) in [5, 5.41) is 11.6. The first-order chi connectivity index (χ1) is 16.2. The number of aromatic nitrogens is 1. The van der Waals surface area contributed by atoms with E-state index >= 15 is 0 Å². The minimum absolute atomic E-state index is 0.0904. The van der Waals surface area contributed by atoms with Crippen LogP contribution in [-0.4, -0.2) is 22.1 Å². The largest absolute Gasteiger partial charge is 0.463 e. The fraction of sp³-hybridized carbons (Fsp3) is 0.208. The van der Waals surface area contributed by atoms with E-state index in [1.165, 1.54) is 22.0 Å². The lowest BCUT2D eigenvalue weighted by Gasteiger charge is -2.24. The minimum Gasteiger partial charge on any atom is -0.463 e. The van der Waals surface area contributed by atoms with Crippen LogP contribution in [0.1, 0.15) is 36.6 Å². The average Bonchev–Trinajstić information content (AvgIpc) is 3.09. The van der Waals surface area contributed by atoms with Gasteiger partial charge in [-0.3, -0.25) is 19.5 Å². The second kappa shape index (κ2) is 9.47. The van der Waals surface area contributed by atoms with Crippen molar-refractivity contribution < 1.29 is 14.5 Å². The molecule has 2 aromatic carbocycles. The molecular weight excluding hydrogens is 522 g/mol. The Morgan fingerprint density at radius 1 is 1.26 bits per heavy atom. The standard InChI is InChI=1S/C24H20BrN3O5S/c1-4-33-23(30)20-14(3)26-24-27(21(20)16-8-5-13(2)18(12-16)28(31)32)22(29)19(34-24)11-15-6-9-17(25)10-7-15/h5-12,21H,4H2,1-3H3/b19-11+/t21-/m0/s1. The summed E-state index contributed by atoms with van der Waals surface area (Å²) in [5.41, 5.74) is 1.91. The third kappa shape index (κ3) is 4.38. The van der Waals surface area contributed by atoms with Crippen LogP contribution in [0.4, 0.5) is 5.69 Å². The molecule has 0 saturated heterocycles. The fourth-order valence-electron chi connectivity index (χ4n) is 3.81. The SMILES string of the molecule is CCOC(=O)C1=C(C)N=c2s/c(=C/c3ccc(Br)cc3)c(=O)n2[C@H]1c1ccc(C)c([N+](=O)[O-])c1. The quantitative estimate of drug-likeness (QED) is 0.277. The van der Waals surface area contributed by atoms with Gasteiger partial charge in [0.25, 0.3) is 11.2 Å². The van der Waals surface area contributed by atoms with Crippen molar-refractivity contribution in [3.8, 4) is 0 Å². The maximum absolute atomic E-state index is 13.6. The van der Waals surface area contributed by atoms with Gasteiger partial charge in [0.2, 0.25) is 0 Å². The summed E-state index contributed by atoms with van der Waals surface area (Å²) in [5.74, 6) is -0.612. The molecule has 10 heteroatoms. The number of aryl methyl sites for hydroxylation is 1. The number of carbonyl (C=O) groups is 1. The fourth-order valence-corrected chi connectivity index (χ4v) is 5.12. The number of esters is 1. The number of hydrogen-bond acceptors (Lipinski definition) is 7. The lowest BCUT2D eigenvalue weighted by molar-refractivity contribution is -0.385. The van der Waals surface area contributed by atoms with Gasteiger partial charge < -0.3 is 4.74 Å². The number of halogens is 1. The molecule has 4 rings (SSSR count). The van der Waals surface area contributed by atoms with Crippen molar-refractivity contribution in [1.82, 2.24) is 4.57 Å². The van der Waals surface area contributed by atoms with Crippen LogP contribution in [0.25, 0.3) is 6.08 Å². The van der Waals surface area contributed by atoms with Gasteiger partial charge in [-0.2, -0.15) is 0 Å². The van der Waals surface area contributed by atoms with E-state index in [0.29, 0.717) is 26.2 Å². The first-order valence-corrected chi connectivity index (χ1v) is 12.0. The molecule has 1 aliphatic rings. The highest BCUT2D eigenvalue weighted by Crippen LogP contribution is 2.33. The normalized spacial score (nSPS) is 15.6. The van der Waals surface area contributed by atoms with Crippen LogP contribution in [0, 0.1) is 17.0 Å². The van der Waals surface area contributed by atoms with E-state index in [1.54, 1.807) is 39.0 Å². The highest BCUT2D eigenvalue weighted by molar-refractivity contribution is 9.10. The highest BCUT2D eigenvalue weighted by atomic mass is 79.9. The highest BCUT2D eigenvalue weighted by Gasteiger charge is 2.34. The number of hydrogen-bond donors (Lipinski definition) is 0. The van der Waals surface area contributed by atoms with Gasteiger partial charge in [-0.25, -0.2) is 9.79 Å². The number of rotatable bonds is 5. The Balaban J connectivity index is 1.98. The molecule has 0 saturated carbocycles. The van der Waals surface area contributed by atoms with Crippen molar-refractivity contribution in [2.45, 2.75) is 26.8 Å². The van der Waals surface area contributed by atoms with Crippen LogP contribution in [-0.2, 0) is 9.53 Å². The van der Waals surface area contributed by atoms with Gasteiger partial charge in [0.05, 0.1) is 33.4 Å². The summed E-state index contributed by atoms with van der Waals surface area (Å²) in [6.45, 7) is 5.14. The molecule has 34 heavy (non-hydrogen) atoms. The van der Waals surface area contributed by atoms with Gasteiger partial charge in [0.15, 0.2) is 4.80 Å². The second-order valence-electron chi connectivity index (χ2n) is 7.66. The summed E-state index contributed by atoms with van der Waals surface area (Å²) >= 11 is 4.60. The lowest BCUT2D eigenvalue weighted by atomic mass is 9.94. The number of allylic oxidation sites excluding steroid dienone is 1. The summed E-state index contributed by atoms with van der Waals surface area (Å²) in [6.07, 6.45) is 1.76. The van der Waals surface area contributed by atoms with Crippen LogP contribution in [0.5, 0.6) is 0 Å². The molecule has 0 amide bonds. The van der Waals surface area contributed by atoms with Crippen molar-refractivity contribution in [1.29, 1.82) is 0 Å². The number of nitrogens with zero attached hydrogens (tertiary/aromatic N) is 3. The molecule has 2 heterocycles. The van der Waals surface area contributed by atoms with Crippen molar-refractivity contribution in [3.63, 3.8) is 0 Å². The molecule has 1 aromatic heterocycles. The first kappa shape index (κ1) is 23.8. The van der Waals surface area contributed by atoms with E-state index in [4.69, 9.17) is 4.74 Å². The van der Waals surface area contributed by atoms with Crippen molar-refractivity contribution in [2.24, 2.45) is 4.99 Å². The Morgan fingerprint density at radius 2 is 1.97 bits per heavy atom. The van der Waals surface area contributed by atoms with Gasteiger partial charge in [0, 0.05) is 16.1 Å². The molecule has 1 atom stereocenters. The molecule has 0 N–H and O–H groups in total. The smallest absolute Gasteiger partial charge is 0.338 e. The second-order valence-corrected chi connectivity index (χ2v) is 9.58. The maximum Gasteiger partial charge on any atom is 0.338 e. The molecular formula is C24H20BrN3O5S. The minimum atomic E-state index is -0.901. The maximum atomic E-state index is 13.6. The third-order valence-corrected chi connectivity index (χ3v) is 6.94. The van der Waals surface area contributed by atoms with Gasteiger partial charge >= 0.3 is 5.97 Å². The van der Waals surface area contributed by atoms with Crippen LogP contribution in [0.2, 0.25) is 0 Å². The summed E-state index contributed by atoms with van der Waals surface area (Å²) in [4.78, 5) is 42.5.